The summed E-state index contributed by atoms with van der Waals surface area (Å²) in [6.45, 7) is 6.14. The number of hydrogen-bond donors (Lipinski definition) is 2. The minimum Gasteiger partial charge on any atom is -0.377 e. The van der Waals surface area contributed by atoms with Crippen molar-refractivity contribution in [3.8, 4) is 0 Å². The van der Waals surface area contributed by atoms with Gasteiger partial charge in [0.15, 0.2) is 5.13 Å². The Bertz CT molecular complexity index is 1440. The van der Waals surface area contributed by atoms with Gasteiger partial charge >= 0.3 is 0 Å². The van der Waals surface area contributed by atoms with E-state index in [0.29, 0.717) is 13.2 Å². The molecule has 2 N–H and O–H groups in total. The summed E-state index contributed by atoms with van der Waals surface area (Å²) >= 11 is 1.50. The van der Waals surface area contributed by atoms with Gasteiger partial charge in [-0.15, -0.1) is 0 Å². The van der Waals surface area contributed by atoms with Crippen LogP contribution in [-0.2, 0) is 24.6 Å². The number of thiazole rings is 1. The van der Waals surface area contributed by atoms with E-state index < -0.39 is 0 Å². The summed E-state index contributed by atoms with van der Waals surface area (Å²) in [6, 6.07) is 14.8. The fourth-order valence-corrected chi connectivity index (χ4v) is 6.20. The number of nitrogens with one attached hydrogen (secondary N) is 2. The van der Waals surface area contributed by atoms with Crippen molar-refractivity contribution in [2.45, 2.75) is 38.3 Å². The monoisotopic (exact) mass is 502 g/mol. The van der Waals surface area contributed by atoms with E-state index in [9.17, 15) is 4.79 Å². The number of morpholine rings is 1. The second-order valence-corrected chi connectivity index (χ2v) is 11.2. The highest BCUT2D eigenvalue weighted by Gasteiger charge is 2.35. The molecule has 0 saturated carbocycles. The molecule has 2 aromatic carbocycles. The van der Waals surface area contributed by atoms with Crippen LogP contribution in [0.5, 0.6) is 0 Å². The largest absolute Gasteiger partial charge is 0.377 e. The molecule has 2 aromatic heterocycles. The minimum atomic E-state index is -0.271. The summed E-state index contributed by atoms with van der Waals surface area (Å²) < 4.78 is 7.89. The van der Waals surface area contributed by atoms with Crippen molar-refractivity contribution < 1.29 is 9.53 Å². The number of para-hydroxylation sites is 1. The van der Waals surface area contributed by atoms with Gasteiger partial charge in [-0.05, 0) is 50.1 Å². The topological polar surface area (TPSA) is 84.3 Å². The molecule has 2 aliphatic rings. The van der Waals surface area contributed by atoms with Gasteiger partial charge in [-0.25, -0.2) is 9.97 Å². The van der Waals surface area contributed by atoms with E-state index in [-0.39, 0.29) is 17.5 Å². The zero-order chi connectivity index (χ0) is 24.9. The van der Waals surface area contributed by atoms with Gasteiger partial charge in [0, 0.05) is 31.2 Å². The number of carbonyl (C=O) groups is 1. The highest BCUT2D eigenvalue weighted by atomic mass is 32.1. The van der Waals surface area contributed by atoms with Gasteiger partial charge in [0.05, 0.1) is 42.5 Å². The average Bonchev–Trinajstić information content (AvgIpc) is 3.43. The molecule has 0 spiro atoms. The van der Waals surface area contributed by atoms with E-state index in [1.54, 1.807) is 0 Å². The Hall–Kier alpha value is -3.43. The van der Waals surface area contributed by atoms with Gasteiger partial charge in [-0.1, -0.05) is 29.5 Å². The lowest BCUT2D eigenvalue weighted by molar-refractivity contribution is 0.0900. The lowest BCUT2D eigenvalue weighted by Crippen LogP contribution is -2.48. The molecule has 186 valence electrons. The van der Waals surface area contributed by atoms with E-state index >= 15 is 0 Å². The molecule has 1 atom stereocenters. The molecule has 8 nitrogen and oxygen atoms in total. The van der Waals surface area contributed by atoms with Gasteiger partial charge in [-0.3, -0.25) is 4.79 Å². The fraction of sp³-hybridized carbons (Fsp3) is 0.370. The number of benzene rings is 2. The van der Waals surface area contributed by atoms with E-state index in [4.69, 9.17) is 9.72 Å². The Kier molecular flexibility index (Phi) is 5.69. The lowest BCUT2D eigenvalue weighted by Gasteiger charge is -2.35. The van der Waals surface area contributed by atoms with Crippen molar-refractivity contribution in [2.75, 3.05) is 30.0 Å². The van der Waals surface area contributed by atoms with E-state index in [0.717, 1.165) is 57.5 Å². The fourth-order valence-electron chi connectivity index (χ4n) is 5.12. The Balaban J connectivity index is 1.23. The highest BCUT2D eigenvalue weighted by molar-refractivity contribution is 7.17. The quantitative estimate of drug-likeness (QED) is 0.424. The Morgan fingerprint density at radius 2 is 2.11 bits per heavy atom. The summed E-state index contributed by atoms with van der Waals surface area (Å²) in [6.07, 6.45) is 3.41. The summed E-state index contributed by atoms with van der Waals surface area (Å²) in [7, 11) is 2.00. The zero-order valence-corrected chi connectivity index (χ0v) is 21.6. The van der Waals surface area contributed by atoms with Crippen LogP contribution in [0.3, 0.4) is 0 Å². The Morgan fingerprint density at radius 3 is 3.00 bits per heavy atom. The molecular formula is C27H30N6O2S. The Labute approximate surface area is 214 Å². The summed E-state index contributed by atoms with van der Waals surface area (Å²) in [5, 5.41) is 7.56. The van der Waals surface area contributed by atoms with Gasteiger partial charge in [-0.2, -0.15) is 0 Å². The van der Waals surface area contributed by atoms with Crippen molar-refractivity contribution in [1.29, 1.82) is 0 Å². The summed E-state index contributed by atoms with van der Waals surface area (Å²) in [5.74, 6) is -0.0171. The molecule has 2 aliphatic heterocycles. The summed E-state index contributed by atoms with van der Waals surface area (Å²) in [5.41, 5.74) is 5.91. The Morgan fingerprint density at radius 1 is 1.25 bits per heavy atom. The molecule has 0 radical (unpaired) electrons. The van der Waals surface area contributed by atoms with Crippen LogP contribution in [0, 0.1) is 0 Å². The molecule has 0 bridgehead atoms. The predicted molar refractivity (Wildman–Crippen MR) is 143 cm³/mol. The number of carbonyl (C=O) groups excluding carboxylic acids is 1. The number of amides is 1. The maximum Gasteiger partial charge on any atom is 0.263 e. The molecule has 1 fully saturated rings. The highest BCUT2D eigenvalue weighted by Crippen LogP contribution is 2.34. The second-order valence-electron chi connectivity index (χ2n) is 10.3. The minimum absolute atomic E-state index is 0.0171. The number of anilines is 3. The predicted octanol–water partition coefficient (Wildman–Crippen LogP) is 4.29. The van der Waals surface area contributed by atoms with Crippen LogP contribution in [0.4, 0.5) is 16.5 Å². The molecule has 1 saturated heterocycles. The summed E-state index contributed by atoms with van der Waals surface area (Å²) in [4.78, 5) is 25.2. The number of ether oxygens (including phenoxy) is 1. The van der Waals surface area contributed by atoms with Gasteiger partial charge in [0.25, 0.3) is 5.91 Å². The first kappa shape index (κ1) is 23.0. The first-order valence-electron chi connectivity index (χ1n) is 12.3. The first-order chi connectivity index (χ1) is 17.4. The molecule has 0 aliphatic carbocycles. The maximum atomic E-state index is 12.6. The number of nitrogens with zero attached hydrogens (tertiary/aromatic N) is 4. The number of aryl methyl sites for hydroxylation is 1. The van der Waals surface area contributed by atoms with E-state index in [1.165, 1.54) is 16.9 Å². The van der Waals surface area contributed by atoms with Crippen LogP contribution in [-0.4, -0.2) is 51.8 Å². The molecule has 1 unspecified atom stereocenters. The lowest BCUT2D eigenvalue weighted by atomic mass is 9.94. The van der Waals surface area contributed by atoms with Crippen molar-refractivity contribution >= 4 is 44.8 Å². The third kappa shape index (κ3) is 4.33. The third-order valence-corrected chi connectivity index (χ3v) is 7.99. The normalized spacial score (nSPS) is 19.2. The van der Waals surface area contributed by atoms with Crippen LogP contribution < -0.4 is 15.5 Å². The van der Waals surface area contributed by atoms with E-state index in [2.05, 4.69) is 56.9 Å². The number of fused-ring (bicyclic) bond motifs is 2. The van der Waals surface area contributed by atoms with Crippen molar-refractivity contribution in [2.24, 2.45) is 7.05 Å². The van der Waals surface area contributed by atoms with Crippen molar-refractivity contribution in [1.82, 2.24) is 19.9 Å². The van der Waals surface area contributed by atoms with Crippen LogP contribution in [0.1, 0.15) is 34.8 Å². The number of imidazole rings is 1. The maximum absolute atomic E-state index is 12.6. The molecule has 9 heteroatoms. The zero-order valence-electron chi connectivity index (χ0n) is 20.7. The first-order valence-corrected chi connectivity index (χ1v) is 13.1. The van der Waals surface area contributed by atoms with Crippen LogP contribution >= 0.6 is 11.3 Å². The molecule has 6 rings (SSSR count). The molecule has 1 amide bonds. The molecule has 4 aromatic rings. The van der Waals surface area contributed by atoms with Crippen molar-refractivity contribution in [3.05, 3.63) is 64.9 Å². The average molecular weight is 503 g/mol. The number of hydrogen-bond acceptors (Lipinski definition) is 7. The molecular weight excluding hydrogens is 472 g/mol. The van der Waals surface area contributed by atoms with Crippen molar-refractivity contribution in [3.63, 3.8) is 0 Å². The molecule has 4 heterocycles. The molecule has 36 heavy (non-hydrogen) atoms. The van der Waals surface area contributed by atoms with Crippen LogP contribution in [0.2, 0.25) is 0 Å². The third-order valence-electron chi connectivity index (χ3n) is 6.86. The second kappa shape index (κ2) is 8.90. The standard InChI is InChI=1S/C27H30N6O2S/c1-27(2)14-21-24(25(34)31-27)36-26(30-21)33-10-11-35-15-19(33)13-17-6-4-7-18(12-17)29-20-8-5-9-22-23(20)28-16-32(22)3/h4-9,12,16,19,29H,10-11,13-15H2,1-3H3,(H,31,34). The number of aromatic nitrogens is 3. The van der Waals surface area contributed by atoms with Gasteiger partial charge in [0.2, 0.25) is 0 Å². The van der Waals surface area contributed by atoms with Gasteiger partial charge in [0.1, 0.15) is 10.4 Å². The van der Waals surface area contributed by atoms with Crippen LogP contribution in [0.15, 0.2) is 48.8 Å². The van der Waals surface area contributed by atoms with Gasteiger partial charge < -0.3 is 24.8 Å². The van der Waals surface area contributed by atoms with Crippen LogP contribution in [0.25, 0.3) is 11.0 Å². The van der Waals surface area contributed by atoms with E-state index in [1.807, 2.05) is 37.9 Å². The smallest absolute Gasteiger partial charge is 0.263 e. The number of rotatable bonds is 5. The SMILES string of the molecule is Cn1cnc2c(Nc3cccc(CC4COCCN4c4nc5c(s4)C(=O)NC(C)(C)C5)c3)cccc21.